The second-order valence-electron chi connectivity index (χ2n) is 2.61. The lowest BCUT2D eigenvalue weighted by molar-refractivity contribution is -0.138. The van der Waals surface area contributed by atoms with Crippen LogP contribution in [0.3, 0.4) is 0 Å². The summed E-state index contributed by atoms with van der Waals surface area (Å²) in [6.45, 7) is 13.4. The fraction of sp³-hybridized carbons (Fsp3) is 0.500. The smallest absolute Gasteiger partial charge is 0.320 e. The van der Waals surface area contributed by atoms with Gasteiger partial charge < -0.3 is 10.8 Å². The molecule has 0 rings (SSSR count). The minimum atomic E-state index is -0.980. The van der Waals surface area contributed by atoms with Crippen LogP contribution in [0.15, 0.2) is 36.5 Å². The summed E-state index contributed by atoms with van der Waals surface area (Å²) in [5.41, 5.74) is 6.26. The number of hydrogen-bond donors (Lipinski definition) is 2. The summed E-state index contributed by atoms with van der Waals surface area (Å²) in [6.07, 6.45) is 7.37. The van der Waals surface area contributed by atoms with Crippen LogP contribution in [0.2, 0.25) is 0 Å². The summed E-state index contributed by atoms with van der Waals surface area (Å²) >= 11 is 0. The van der Waals surface area contributed by atoms with Crippen molar-refractivity contribution >= 4 is 5.97 Å². The Hall–Kier alpha value is -1.35. The molecule has 0 fully saturated rings. The molecule has 0 aliphatic carbocycles. The Morgan fingerprint density at radius 1 is 1.35 bits per heavy atom. The Morgan fingerprint density at radius 2 is 1.82 bits per heavy atom. The maximum Gasteiger partial charge on any atom is 0.320 e. The number of carbonyl (C=O) groups is 1. The second-order valence-corrected chi connectivity index (χ2v) is 2.61. The highest BCUT2D eigenvalue weighted by atomic mass is 16.4. The van der Waals surface area contributed by atoms with Crippen molar-refractivity contribution in [2.24, 2.45) is 5.73 Å². The van der Waals surface area contributed by atoms with Gasteiger partial charge in [0.25, 0.3) is 0 Å². The van der Waals surface area contributed by atoms with E-state index in [1.165, 1.54) is 0 Å². The van der Waals surface area contributed by atoms with Gasteiger partial charge in [0.1, 0.15) is 6.04 Å². The molecule has 0 aromatic rings. The Morgan fingerprint density at radius 3 is 2.12 bits per heavy atom. The Bertz CT molecular complexity index is 243. The van der Waals surface area contributed by atoms with Gasteiger partial charge in [-0.3, -0.25) is 4.79 Å². The third kappa shape index (κ3) is 14.7. The molecule has 1 unspecified atom stereocenters. The van der Waals surface area contributed by atoms with Gasteiger partial charge in [-0.05, 0) is 13.3 Å². The summed E-state index contributed by atoms with van der Waals surface area (Å²) in [7, 11) is 0. The number of rotatable bonds is 5. The first-order chi connectivity index (χ1) is 8.11. The average molecular weight is 241 g/mol. The van der Waals surface area contributed by atoms with Crippen molar-refractivity contribution in [3.63, 3.8) is 0 Å². The van der Waals surface area contributed by atoms with Crippen LogP contribution in [0.25, 0.3) is 0 Å². The zero-order valence-electron chi connectivity index (χ0n) is 11.7. The van der Waals surface area contributed by atoms with E-state index in [0.717, 1.165) is 5.57 Å². The molecule has 0 bridgehead atoms. The Kier molecular flexibility index (Phi) is 21.1. The molecule has 3 N–H and O–H groups in total. The molecule has 0 spiro atoms. The molecule has 1 atom stereocenters. The quantitative estimate of drug-likeness (QED) is 0.724. The van der Waals surface area contributed by atoms with Crippen LogP contribution in [0.1, 0.15) is 41.0 Å². The molecule has 0 heterocycles. The van der Waals surface area contributed by atoms with E-state index >= 15 is 0 Å². The molecule has 0 aliphatic heterocycles. The summed E-state index contributed by atoms with van der Waals surface area (Å²) in [4.78, 5) is 10.4. The van der Waals surface area contributed by atoms with Gasteiger partial charge in [0.05, 0.1) is 0 Å². The first kappa shape index (κ1) is 21.0. The highest BCUT2D eigenvalue weighted by molar-refractivity contribution is 5.73. The third-order valence-corrected chi connectivity index (χ3v) is 1.59. The van der Waals surface area contributed by atoms with E-state index in [1.54, 1.807) is 18.2 Å². The molecule has 3 heteroatoms. The molecular weight excluding hydrogens is 214 g/mol. The van der Waals surface area contributed by atoms with Gasteiger partial charge >= 0.3 is 5.97 Å². The summed E-state index contributed by atoms with van der Waals surface area (Å²) in [6, 6.07) is -0.833. The van der Waals surface area contributed by atoms with Crippen molar-refractivity contribution < 1.29 is 9.90 Å². The van der Waals surface area contributed by atoms with Crippen LogP contribution in [0.4, 0.5) is 0 Å². The lowest BCUT2D eigenvalue weighted by atomic mass is 10.1. The van der Waals surface area contributed by atoms with Crippen LogP contribution in [-0.4, -0.2) is 17.1 Å². The Balaban J connectivity index is -0.000000439. The molecule has 0 amide bonds. The van der Waals surface area contributed by atoms with Crippen LogP contribution >= 0.6 is 0 Å². The number of aliphatic carboxylic acids is 1. The fourth-order valence-electron chi connectivity index (χ4n) is 0.815. The lowest BCUT2D eigenvalue weighted by Crippen LogP contribution is -2.30. The van der Waals surface area contributed by atoms with Crippen molar-refractivity contribution in [1.29, 1.82) is 0 Å². The first-order valence-electron chi connectivity index (χ1n) is 6.04. The maximum atomic E-state index is 10.4. The van der Waals surface area contributed by atoms with Gasteiger partial charge in [0, 0.05) is 0 Å². The number of carboxylic acid groups (broad SMARTS) is 1. The van der Waals surface area contributed by atoms with E-state index in [2.05, 4.69) is 6.58 Å². The molecule has 0 aromatic carbocycles. The number of hydrogen-bond acceptors (Lipinski definition) is 2. The zero-order chi connectivity index (χ0) is 14.3. The normalized spacial score (nSPS) is 11.8. The summed E-state index contributed by atoms with van der Waals surface area (Å²) in [5, 5.41) is 8.56. The molecule has 0 aliphatic rings. The SMILES string of the molecule is C=C/C=C\C(=C/C)CC(N)C(=O)O.CC.CC. The predicted octanol–water partition coefficient (Wildman–Crippen LogP) is 3.53. The average Bonchev–Trinajstić information content (AvgIpc) is 2.38. The molecule has 0 saturated heterocycles. The highest BCUT2D eigenvalue weighted by Gasteiger charge is 2.11. The van der Waals surface area contributed by atoms with Crippen molar-refractivity contribution in [3.05, 3.63) is 36.5 Å². The van der Waals surface area contributed by atoms with Crippen LogP contribution in [0, 0.1) is 0 Å². The number of nitrogens with two attached hydrogens (primary N) is 1. The maximum absolute atomic E-state index is 10.4. The largest absolute Gasteiger partial charge is 0.480 e. The van der Waals surface area contributed by atoms with Crippen molar-refractivity contribution in [1.82, 2.24) is 0 Å². The third-order valence-electron chi connectivity index (χ3n) is 1.59. The summed E-state index contributed by atoms with van der Waals surface area (Å²) in [5.74, 6) is -0.980. The number of allylic oxidation sites excluding steroid dienone is 4. The molecule has 0 aromatic heterocycles. The fourth-order valence-corrected chi connectivity index (χ4v) is 0.815. The van der Waals surface area contributed by atoms with Gasteiger partial charge in [0.2, 0.25) is 0 Å². The molecular formula is C14H27NO2. The van der Waals surface area contributed by atoms with Gasteiger partial charge in [0.15, 0.2) is 0 Å². The standard InChI is InChI=1S/C10H15NO2.2C2H6/c1-3-5-6-8(4-2)7-9(11)10(12)13;2*1-2/h3-6,9H,1,7,11H2,2H3,(H,12,13);2*1-2H3/b6-5-,8-4+;;. The minimum Gasteiger partial charge on any atom is -0.480 e. The molecule has 100 valence electrons. The molecule has 0 saturated carbocycles. The van der Waals surface area contributed by atoms with E-state index in [0.29, 0.717) is 6.42 Å². The van der Waals surface area contributed by atoms with E-state index in [-0.39, 0.29) is 0 Å². The first-order valence-corrected chi connectivity index (χ1v) is 6.04. The monoisotopic (exact) mass is 241 g/mol. The predicted molar refractivity (Wildman–Crippen MR) is 76.0 cm³/mol. The van der Waals surface area contributed by atoms with Crippen LogP contribution in [0.5, 0.6) is 0 Å². The number of carboxylic acids is 1. The highest BCUT2D eigenvalue weighted by Crippen LogP contribution is 2.06. The van der Waals surface area contributed by atoms with Crippen LogP contribution in [-0.2, 0) is 4.79 Å². The van der Waals surface area contributed by atoms with Gasteiger partial charge in [-0.2, -0.15) is 0 Å². The topological polar surface area (TPSA) is 63.3 Å². The second kappa shape index (κ2) is 17.1. The van der Waals surface area contributed by atoms with E-state index < -0.39 is 12.0 Å². The zero-order valence-corrected chi connectivity index (χ0v) is 11.7. The van der Waals surface area contributed by atoms with Crippen molar-refractivity contribution in [2.45, 2.75) is 47.1 Å². The summed E-state index contributed by atoms with van der Waals surface area (Å²) < 4.78 is 0. The van der Waals surface area contributed by atoms with Gasteiger partial charge in [-0.25, -0.2) is 0 Å². The lowest BCUT2D eigenvalue weighted by Gasteiger charge is -2.05. The van der Waals surface area contributed by atoms with Gasteiger partial charge in [-0.1, -0.05) is 64.2 Å². The molecule has 0 radical (unpaired) electrons. The minimum absolute atomic E-state index is 0.343. The van der Waals surface area contributed by atoms with E-state index in [1.807, 2.05) is 40.7 Å². The van der Waals surface area contributed by atoms with E-state index in [9.17, 15) is 4.79 Å². The van der Waals surface area contributed by atoms with Crippen molar-refractivity contribution in [3.8, 4) is 0 Å². The van der Waals surface area contributed by atoms with Crippen LogP contribution < -0.4 is 5.73 Å². The van der Waals surface area contributed by atoms with Crippen molar-refractivity contribution in [2.75, 3.05) is 0 Å². The molecule has 3 nitrogen and oxygen atoms in total. The molecule has 17 heavy (non-hydrogen) atoms. The van der Waals surface area contributed by atoms with Gasteiger partial charge in [-0.15, -0.1) is 0 Å². The van der Waals surface area contributed by atoms with E-state index in [4.69, 9.17) is 10.8 Å². The Labute approximate surface area is 106 Å².